The van der Waals surface area contributed by atoms with Gasteiger partial charge < -0.3 is 9.84 Å². The van der Waals surface area contributed by atoms with E-state index >= 15 is 0 Å². The minimum Gasteiger partial charge on any atom is -0.478 e. The van der Waals surface area contributed by atoms with Crippen LogP contribution in [0.15, 0.2) is 0 Å². The topological polar surface area (TPSA) is 63.6 Å². The van der Waals surface area contributed by atoms with Gasteiger partial charge in [-0.15, -0.1) is 0 Å². The molecule has 0 aromatic carbocycles. The zero-order valence-electron chi connectivity index (χ0n) is 8.49. The number of carbonyl (C=O) groups is 2. The monoisotopic (exact) mass is 220 g/mol. The van der Waals surface area contributed by atoms with Crippen molar-refractivity contribution >= 4 is 23.7 Å². The Morgan fingerprint density at radius 3 is 2.50 bits per heavy atom. The SMILES string of the molecule is CCCC(=O)OC(CSCC)C(=O)O. The zero-order chi connectivity index (χ0) is 11.0. The highest BCUT2D eigenvalue weighted by Gasteiger charge is 2.21. The molecule has 0 aliphatic rings. The molecule has 5 heteroatoms. The van der Waals surface area contributed by atoms with Gasteiger partial charge in [-0.25, -0.2) is 4.79 Å². The third kappa shape index (κ3) is 5.85. The average Bonchev–Trinajstić information content (AvgIpc) is 2.12. The fraction of sp³-hybridized carbons (Fsp3) is 0.778. The van der Waals surface area contributed by atoms with Crippen molar-refractivity contribution in [3.63, 3.8) is 0 Å². The van der Waals surface area contributed by atoms with Gasteiger partial charge in [-0.3, -0.25) is 4.79 Å². The quantitative estimate of drug-likeness (QED) is 0.659. The highest BCUT2D eigenvalue weighted by atomic mass is 32.2. The first-order valence-corrected chi connectivity index (χ1v) is 5.77. The predicted molar refractivity (Wildman–Crippen MR) is 55.4 cm³/mol. The van der Waals surface area contributed by atoms with Crippen molar-refractivity contribution in [3.8, 4) is 0 Å². The summed E-state index contributed by atoms with van der Waals surface area (Å²) in [6, 6.07) is 0. The number of thioether (sulfide) groups is 1. The van der Waals surface area contributed by atoms with Gasteiger partial charge in [0.05, 0.1) is 0 Å². The first-order valence-electron chi connectivity index (χ1n) is 4.61. The molecule has 0 saturated carbocycles. The van der Waals surface area contributed by atoms with Crippen LogP contribution in [0.5, 0.6) is 0 Å². The molecule has 0 aliphatic carbocycles. The van der Waals surface area contributed by atoms with Crippen LogP contribution in [-0.2, 0) is 14.3 Å². The Hall–Kier alpha value is -0.710. The lowest BCUT2D eigenvalue weighted by Crippen LogP contribution is -2.29. The number of carboxylic acid groups (broad SMARTS) is 1. The molecule has 0 fully saturated rings. The number of hydrogen-bond donors (Lipinski definition) is 1. The first kappa shape index (κ1) is 13.3. The van der Waals surface area contributed by atoms with Crippen molar-refractivity contribution in [1.82, 2.24) is 0 Å². The molecule has 0 amide bonds. The van der Waals surface area contributed by atoms with E-state index in [0.29, 0.717) is 12.2 Å². The molecule has 0 heterocycles. The molecule has 1 unspecified atom stereocenters. The highest BCUT2D eigenvalue weighted by Crippen LogP contribution is 2.07. The van der Waals surface area contributed by atoms with Gasteiger partial charge in [0.25, 0.3) is 0 Å². The summed E-state index contributed by atoms with van der Waals surface area (Å²) >= 11 is 1.45. The Labute approximate surface area is 88.0 Å². The second-order valence-corrected chi connectivity index (χ2v) is 4.05. The minimum atomic E-state index is -1.07. The van der Waals surface area contributed by atoms with Gasteiger partial charge in [-0.1, -0.05) is 13.8 Å². The van der Waals surface area contributed by atoms with E-state index in [4.69, 9.17) is 9.84 Å². The second-order valence-electron chi connectivity index (χ2n) is 2.73. The van der Waals surface area contributed by atoms with Crippen molar-refractivity contribution in [2.24, 2.45) is 0 Å². The summed E-state index contributed by atoms with van der Waals surface area (Å²) in [5, 5.41) is 8.73. The molecule has 1 N–H and O–H groups in total. The van der Waals surface area contributed by atoms with E-state index in [0.717, 1.165) is 5.75 Å². The molecule has 0 aromatic rings. The maximum atomic E-state index is 11.0. The summed E-state index contributed by atoms with van der Waals surface area (Å²) in [5.74, 6) is -0.372. The normalized spacial score (nSPS) is 12.1. The van der Waals surface area contributed by atoms with Gasteiger partial charge in [-0.05, 0) is 12.2 Å². The summed E-state index contributed by atoms with van der Waals surface area (Å²) in [5.41, 5.74) is 0. The van der Waals surface area contributed by atoms with E-state index in [1.165, 1.54) is 11.8 Å². The fourth-order valence-electron chi connectivity index (χ4n) is 0.802. The number of hydrogen-bond acceptors (Lipinski definition) is 4. The van der Waals surface area contributed by atoms with Crippen LogP contribution in [0.1, 0.15) is 26.7 Å². The van der Waals surface area contributed by atoms with Crippen LogP contribution in [0, 0.1) is 0 Å². The molecule has 14 heavy (non-hydrogen) atoms. The van der Waals surface area contributed by atoms with Crippen molar-refractivity contribution in [1.29, 1.82) is 0 Å². The Kier molecular flexibility index (Phi) is 7.28. The molecule has 0 aromatic heterocycles. The molecule has 1 atom stereocenters. The summed E-state index contributed by atoms with van der Waals surface area (Å²) in [6.45, 7) is 3.77. The van der Waals surface area contributed by atoms with E-state index in [2.05, 4.69) is 0 Å². The van der Waals surface area contributed by atoms with Crippen molar-refractivity contribution < 1.29 is 19.4 Å². The maximum absolute atomic E-state index is 11.0. The molecular formula is C9H16O4S. The zero-order valence-corrected chi connectivity index (χ0v) is 9.30. The van der Waals surface area contributed by atoms with Crippen LogP contribution in [0.3, 0.4) is 0 Å². The van der Waals surface area contributed by atoms with Gasteiger partial charge in [-0.2, -0.15) is 11.8 Å². The number of carbonyl (C=O) groups excluding carboxylic acids is 1. The lowest BCUT2D eigenvalue weighted by molar-refractivity contribution is -0.162. The molecule has 0 saturated heterocycles. The Bertz CT molecular complexity index is 193. The smallest absolute Gasteiger partial charge is 0.345 e. The number of carboxylic acids is 1. The molecule has 0 aliphatic heterocycles. The number of aliphatic carboxylic acids is 1. The van der Waals surface area contributed by atoms with Crippen molar-refractivity contribution in [2.45, 2.75) is 32.8 Å². The lowest BCUT2D eigenvalue weighted by Gasteiger charge is -2.12. The van der Waals surface area contributed by atoms with Crippen LogP contribution in [0.25, 0.3) is 0 Å². The van der Waals surface area contributed by atoms with Crippen molar-refractivity contribution in [3.05, 3.63) is 0 Å². The predicted octanol–water partition coefficient (Wildman–Crippen LogP) is 1.54. The summed E-state index contributed by atoms with van der Waals surface area (Å²) < 4.78 is 4.80. The van der Waals surface area contributed by atoms with E-state index in [9.17, 15) is 9.59 Å². The van der Waals surface area contributed by atoms with Gasteiger partial charge in [0, 0.05) is 12.2 Å². The van der Waals surface area contributed by atoms with Crippen LogP contribution >= 0.6 is 11.8 Å². The first-order chi connectivity index (χ1) is 6.61. The third-order valence-electron chi connectivity index (χ3n) is 1.48. The fourth-order valence-corrected chi connectivity index (χ4v) is 1.46. The van der Waals surface area contributed by atoms with Gasteiger partial charge in [0.2, 0.25) is 6.10 Å². The number of rotatable bonds is 7. The average molecular weight is 220 g/mol. The molecule has 0 rings (SSSR count). The van der Waals surface area contributed by atoms with Gasteiger partial charge >= 0.3 is 11.9 Å². The standard InChI is InChI=1S/C9H16O4S/c1-3-5-8(10)13-7(9(11)12)6-14-4-2/h7H,3-6H2,1-2H3,(H,11,12). The lowest BCUT2D eigenvalue weighted by atomic mass is 10.3. The Morgan fingerprint density at radius 2 is 2.07 bits per heavy atom. The number of esters is 1. The van der Waals surface area contributed by atoms with Gasteiger partial charge in [0.15, 0.2) is 0 Å². The van der Waals surface area contributed by atoms with E-state index in [1.807, 2.05) is 13.8 Å². The van der Waals surface area contributed by atoms with E-state index in [1.54, 1.807) is 0 Å². The minimum absolute atomic E-state index is 0.278. The number of ether oxygens (including phenoxy) is 1. The molecule has 4 nitrogen and oxygen atoms in total. The molecule has 0 bridgehead atoms. The summed E-state index contributed by atoms with van der Waals surface area (Å²) in [7, 11) is 0. The summed E-state index contributed by atoms with van der Waals surface area (Å²) in [6.07, 6.45) is -0.0499. The van der Waals surface area contributed by atoms with Crippen LogP contribution in [-0.4, -0.2) is 34.7 Å². The van der Waals surface area contributed by atoms with Crippen LogP contribution in [0.2, 0.25) is 0 Å². The molecule has 0 spiro atoms. The van der Waals surface area contributed by atoms with Crippen molar-refractivity contribution in [2.75, 3.05) is 11.5 Å². The van der Waals surface area contributed by atoms with E-state index in [-0.39, 0.29) is 6.42 Å². The van der Waals surface area contributed by atoms with Gasteiger partial charge in [0.1, 0.15) is 0 Å². The molecule has 0 radical (unpaired) electrons. The second kappa shape index (κ2) is 7.67. The van der Waals surface area contributed by atoms with E-state index < -0.39 is 18.0 Å². The largest absolute Gasteiger partial charge is 0.478 e. The maximum Gasteiger partial charge on any atom is 0.345 e. The highest BCUT2D eigenvalue weighted by molar-refractivity contribution is 7.99. The molecule has 82 valence electrons. The summed E-state index contributed by atoms with van der Waals surface area (Å²) in [4.78, 5) is 21.7. The van der Waals surface area contributed by atoms with Crippen LogP contribution < -0.4 is 0 Å². The Morgan fingerprint density at radius 1 is 1.43 bits per heavy atom. The molecular weight excluding hydrogens is 204 g/mol. The third-order valence-corrected chi connectivity index (χ3v) is 2.42. The Balaban J connectivity index is 3.95. The van der Waals surface area contributed by atoms with Crippen LogP contribution in [0.4, 0.5) is 0 Å².